The van der Waals surface area contributed by atoms with Gasteiger partial charge in [-0.05, 0) is 35.0 Å². The normalized spacial score (nSPS) is 11.0. The van der Waals surface area contributed by atoms with E-state index in [4.69, 9.17) is 16.9 Å². The van der Waals surface area contributed by atoms with Gasteiger partial charge in [-0.2, -0.15) is 18.4 Å². The van der Waals surface area contributed by atoms with E-state index in [-0.39, 0.29) is 22.8 Å². The molecule has 0 aliphatic heterocycles. The third-order valence-corrected chi connectivity index (χ3v) is 3.43. The van der Waals surface area contributed by atoms with E-state index in [0.717, 1.165) is 6.07 Å². The van der Waals surface area contributed by atoms with Crippen LogP contribution in [-0.4, -0.2) is 18.6 Å². The molecular weight excluding hydrogens is 315 g/mol. The predicted molar refractivity (Wildman–Crippen MR) is 68.3 cm³/mol. The van der Waals surface area contributed by atoms with Crippen LogP contribution in [0.4, 0.5) is 13.2 Å². The summed E-state index contributed by atoms with van der Waals surface area (Å²) in [6.45, 7) is 0. The van der Waals surface area contributed by atoms with Crippen LogP contribution < -0.4 is 0 Å². The highest BCUT2D eigenvalue weighted by Crippen LogP contribution is 2.39. The minimum Gasteiger partial charge on any atom is -0.469 e. The Morgan fingerprint density at radius 1 is 1.45 bits per heavy atom. The summed E-state index contributed by atoms with van der Waals surface area (Å²) in [7, 11) is 1.18. The average Bonchev–Trinajstić information content (AvgIpc) is 2.37. The van der Waals surface area contributed by atoms with Crippen LogP contribution in [0.25, 0.3) is 0 Å². The number of hydrogen-bond acceptors (Lipinski definition) is 4. The molecule has 0 unspecified atom stereocenters. The summed E-state index contributed by atoms with van der Waals surface area (Å²) in [6, 6.07) is 4.11. The smallest absolute Gasteiger partial charge is 0.446 e. The summed E-state index contributed by atoms with van der Waals surface area (Å²) in [5, 5.41) is 8.89. The van der Waals surface area contributed by atoms with Crippen LogP contribution in [0.3, 0.4) is 0 Å². The summed E-state index contributed by atoms with van der Waals surface area (Å²) in [4.78, 5) is 11.0. The van der Waals surface area contributed by atoms with Crippen molar-refractivity contribution in [1.29, 1.82) is 5.26 Å². The first kappa shape index (κ1) is 16.7. The number of nitrogens with zero attached hydrogens (tertiary/aromatic N) is 1. The zero-order valence-corrected chi connectivity index (χ0v) is 11.8. The second-order valence-electron chi connectivity index (χ2n) is 3.66. The molecule has 1 aromatic carbocycles. The number of halogens is 4. The van der Waals surface area contributed by atoms with Crippen LogP contribution in [0.15, 0.2) is 17.0 Å². The minimum atomic E-state index is -4.52. The van der Waals surface area contributed by atoms with Crippen molar-refractivity contribution in [2.75, 3.05) is 7.11 Å². The molecule has 0 aliphatic rings. The first-order chi connectivity index (χ1) is 9.30. The number of methoxy groups -OCH3 is 1. The standard InChI is InChI=1S/C12H9ClF3NO2S/c1-19-11(18)4-7-3-10(20-12(14,15)16)9(6-17)2-8(7)5-13/h2-3H,4-5H2,1H3. The lowest BCUT2D eigenvalue weighted by Crippen LogP contribution is -2.08. The van der Waals surface area contributed by atoms with Crippen molar-refractivity contribution < 1.29 is 22.7 Å². The lowest BCUT2D eigenvalue weighted by atomic mass is 10.0. The fourth-order valence-electron chi connectivity index (χ4n) is 1.48. The summed E-state index contributed by atoms with van der Waals surface area (Å²) in [6.07, 6.45) is -0.199. The molecule has 0 amide bonds. The fraction of sp³-hybridized carbons (Fsp3) is 0.333. The van der Waals surface area contributed by atoms with Crippen molar-refractivity contribution in [2.45, 2.75) is 22.7 Å². The maximum Gasteiger partial charge on any atom is 0.446 e. The Morgan fingerprint density at radius 2 is 2.10 bits per heavy atom. The van der Waals surface area contributed by atoms with Crippen molar-refractivity contribution >= 4 is 29.3 Å². The van der Waals surface area contributed by atoms with Crippen molar-refractivity contribution in [3.05, 3.63) is 28.8 Å². The molecule has 0 bridgehead atoms. The summed E-state index contributed by atoms with van der Waals surface area (Å²) in [5.41, 5.74) is -3.90. The van der Waals surface area contributed by atoms with Gasteiger partial charge in [0, 0.05) is 10.8 Å². The van der Waals surface area contributed by atoms with Crippen LogP contribution in [0.1, 0.15) is 16.7 Å². The molecule has 108 valence electrons. The molecule has 1 aromatic rings. The van der Waals surface area contributed by atoms with Gasteiger partial charge in [-0.25, -0.2) is 0 Å². The molecular formula is C12H9ClF3NO2S. The molecule has 0 N–H and O–H groups in total. The van der Waals surface area contributed by atoms with Gasteiger partial charge >= 0.3 is 11.5 Å². The Morgan fingerprint density at radius 3 is 2.55 bits per heavy atom. The number of ether oxygens (including phenoxy) is 1. The SMILES string of the molecule is COC(=O)Cc1cc(SC(F)(F)F)c(C#N)cc1CCl. The Hall–Kier alpha value is -1.39. The van der Waals surface area contributed by atoms with E-state index in [1.165, 1.54) is 13.2 Å². The third kappa shape index (κ3) is 4.62. The maximum atomic E-state index is 12.4. The van der Waals surface area contributed by atoms with E-state index < -0.39 is 23.2 Å². The Bertz CT molecular complexity index is 555. The van der Waals surface area contributed by atoms with Crippen LogP contribution in [0.2, 0.25) is 0 Å². The minimum absolute atomic E-state index is 0.0159. The first-order valence-electron chi connectivity index (χ1n) is 5.25. The molecule has 0 heterocycles. The first-order valence-corrected chi connectivity index (χ1v) is 6.60. The number of hydrogen-bond donors (Lipinski definition) is 0. The number of carbonyl (C=O) groups is 1. The summed E-state index contributed by atoms with van der Waals surface area (Å²) in [5.74, 6) is -0.609. The second kappa shape index (κ2) is 6.86. The second-order valence-corrected chi connectivity index (χ2v) is 5.04. The summed E-state index contributed by atoms with van der Waals surface area (Å²) < 4.78 is 41.8. The van der Waals surface area contributed by atoms with Crippen LogP contribution in [0.5, 0.6) is 0 Å². The average molecular weight is 324 g/mol. The van der Waals surface area contributed by atoms with Crippen LogP contribution in [0, 0.1) is 11.3 Å². The largest absolute Gasteiger partial charge is 0.469 e. The molecule has 8 heteroatoms. The Labute approximate surface area is 122 Å². The number of nitriles is 1. The lowest BCUT2D eigenvalue weighted by molar-refractivity contribution is -0.139. The number of carbonyl (C=O) groups excluding carboxylic acids is 1. The summed E-state index contributed by atoms with van der Waals surface area (Å²) >= 11 is 5.28. The third-order valence-electron chi connectivity index (χ3n) is 2.35. The van der Waals surface area contributed by atoms with Gasteiger partial charge in [0.2, 0.25) is 0 Å². The van der Waals surface area contributed by atoms with Gasteiger partial charge in [-0.1, -0.05) is 0 Å². The Kier molecular flexibility index (Phi) is 5.72. The van der Waals surface area contributed by atoms with Gasteiger partial charge in [0.15, 0.2) is 0 Å². The van der Waals surface area contributed by atoms with Crippen molar-refractivity contribution in [1.82, 2.24) is 0 Å². The monoisotopic (exact) mass is 323 g/mol. The lowest BCUT2D eigenvalue weighted by Gasteiger charge is -2.12. The van der Waals surface area contributed by atoms with Crippen LogP contribution in [-0.2, 0) is 21.8 Å². The zero-order chi connectivity index (χ0) is 15.3. The van der Waals surface area contributed by atoms with E-state index in [1.54, 1.807) is 6.07 Å². The molecule has 0 spiro atoms. The molecule has 20 heavy (non-hydrogen) atoms. The van der Waals surface area contributed by atoms with E-state index in [9.17, 15) is 18.0 Å². The molecule has 0 saturated carbocycles. The molecule has 1 rings (SSSR count). The van der Waals surface area contributed by atoms with Gasteiger partial charge in [0.05, 0.1) is 19.1 Å². The number of esters is 1. The highest BCUT2D eigenvalue weighted by atomic mass is 35.5. The van der Waals surface area contributed by atoms with Gasteiger partial charge in [-0.15, -0.1) is 11.6 Å². The molecule has 3 nitrogen and oxygen atoms in total. The zero-order valence-electron chi connectivity index (χ0n) is 10.3. The van der Waals surface area contributed by atoms with E-state index in [2.05, 4.69) is 4.74 Å². The Balaban J connectivity index is 3.26. The predicted octanol–water partition coefficient (Wildman–Crippen LogP) is 3.62. The molecule has 0 fully saturated rings. The molecule has 0 aliphatic carbocycles. The highest BCUT2D eigenvalue weighted by molar-refractivity contribution is 8.00. The topological polar surface area (TPSA) is 50.1 Å². The molecule has 0 saturated heterocycles. The quantitative estimate of drug-likeness (QED) is 0.482. The molecule has 0 atom stereocenters. The van der Waals surface area contributed by atoms with Crippen molar-refractivity contribution in [2.24, 2.45) is 0 Å². The van der Waals surface area contributed by atoms with Crippen molar-refractivity contribution in [3.63, 3.8) is 0 Å². The molecule has 0 aromatic heterocycles. The highest BCUT2D eigenvalue weighted by Gasteiger charge is 2.31. The molecule has 0 radical (unpaired) electrons. The van der Waals surface area contributed by atoms with Gasteiger partial charge in [0.1, 0.15) is 6.07 Å². The van der Waals surface area contributed by atoms with E-state index >= 15 is 0 Å². The number of benzene rings is 1. The van der Waals surface area contributed by atoms with Crippen molar-refractivity contribution in [3.8, 4) is 6.07 Å². The van der Waals surface area contributed by atoms with Gasteiger partial charge in [0.25, 0.3) is 0 Å². The van der Waals surface area contributed by atoms with E-state index in [0.29, 0.717) is 11.1 Å². The number of alkyl halides is 4. The van der Waals surface area contributed by atoms with Crippen LogP contribution >= 0.6 is 23.4 Å². The number of rotatable bonds is 4. The van der Waals surface area contributed by atoms with Gasteiger partial charge in [-0.3, -0.25) is 4.79 Å². The maximum absolute atomic E-state index is 12.4. The fourth-order valence-corrected chi connectivity index (χ4v) is 2.39. The van der Waals surface area contributed by atoms with Gasteiger partial charge < -0.3 is 4.74 Å². The van der Waals surface area contributed by atoms with E-state index in [1.807, 2.05) is 0 Å². The number of thioether (sulfide) groups is 1.